The standard InChI is InChI=1S/C31H43N5O2.C2HF3O2/c1-30(2,3)23-17-19(18-24(26(23)37)31(4,5)6)28(38)32-20-13-15-21(16-14-20)33-29-34-25-12-10-9-11-22(25)27(35-29)36(7)8;3-2(4,5)1(6)7/h9-12,17-18,20-21,37H,13-16H2,1-8H3,(H,32,38)(H,33,34,35);(H,6,7). The number of rotatable bonds is 5. The van der Waals surface area contributed by atoms with Crippen molar-refractivity contribution in [3.05, 3.63) is 53.1 Å². The van der Waals surface area contributed by atoms with Gasteiger partial charge in [0.2, 0.25) is 5.95 Å². The number of nitrogens with one attached hydrogen (secondary N) is 2. The molecule has 3 aromatic rings. The average Bonchev–Trinajstić information content (AvgIpc) is 2.92. The van der Waals surface area contributed by atoms with E-state index in [1.54, 1.807) is 0 Å². The van der Waals surface area contributed by atoms with E-state index in [9.17, 15) is 23.1 Å². The number of carboxylic acid groups (broad SMARTS) is 1. The molecule has 2 aromatic carbocycles. The molecule has 9 nitrogen and oxygen atoms in total. The zero-order chi connectivity index (χ0) is 33.9. The van der Waals surface area contributed by atoms with Crippen LogP contribution in [0.4, 0.5) is 24.9 Å². The Bertz CT molecular complexity index is 1480. The molecule has 0 bridgehead atoms. The Morgan fingerprint density at radius 3 is 1.82 bits per heavy atom. The summed E-state index contributed by atoms with van der Waals surface area (Å²) in [5.41, 5.74) is 2.58. The number of anilines is 2. The highest BCUT2D eigenvalue weighted by molar-refractivity contribution is 5.95. The molecule has 1 saturated carbocycles. The van der Waals surface area contributed by atoms with Crippen LogP contribution in [0.2, 0.25) is 0 Å². The first-order valence-corrected chi connectivity index (χ1v) is 14.9. The molecule has 4 rings (SSSR count). The monoisotopic (exact) mass is 631 g/mol. The molecule has 12 heteroatoms. The lowest BCUT2D eigenvalue weighted by atomic mass is 9.78. The first kappa shape index (κ1) is 35.4. The van der Waals surface area contributed by atoms with Crippen LogP contribution in [0.25, 0.3) is 10.9 Å². The number of fused-ring (bicyclic) bond motifs is 1. The fourth-order valence-electron chi connectivity index (χ4n) is 5.21. The number of nitrogens with zero attached hydrogens (tertiary/aromatic N) is 3. The summed E-state index contributed by atoms with van der Waals surface area (Å²) >= 11 is 0. The number of para-hydroxylation sites is 1. The lowest BCUT2D eigenvalue weighted by molar-refractivity contribution is -0.192. The third kappa shape index (κ3) is 9.21. The second-order valence-electron chi connectivity index (χ2n) is 13.7. The van der Waals surface area contributed by atoms with E-state index in [1.807, 2.05) is 55.4 Å². The molecule has 0 unspecified atom stereocenters. The van der Waals surface area contributed by atoms with Crippen molar-refractivity contribution in [2.45, 2.75) is 96.3 Å². The number of benzene rings is 2. The van der Waals surface area contributed by atoms with Gasteiger partial charge in [-0.15, -0.1) is 0 Å². The van der Waals surface area contributed by atoms with Gasteiger partial charge in [0.25, 0.3) is 5.91 Å². The molecule has 1 fully saturated rings. The number of carbonyl (C=O) groups excluding carboxylic acids is 1. The maximum absolute atomic E-state index is 13.3. The summed E-state index contributed by atoms with van der Waals surface area (Å²) in [5, 5.41) is 25.9. The first-order valence-electron chi connectivity index (χ1n) is 14.9. The van der Waals surface area contributed by atoms with Gasteiger partial charge in [0.05, 0.1) is 5.52 Å². The fourth-order valence-corrected chi connectivity index (χ4v) is 5.21. The van der Waals surface area contributed by atoms with Crippen LogP contribution in [0.5, 0.6) is 5.75 Å². The maximum Gasteiger partial charge on any atom is 0.490 e. The number of aliphatic carboxylic acids is 1. The number of phenols is 1. The third-order valence-electron chi connectivity index (χ3n) is 7.63. The zero-order valence-electron chi connectivity index (χ0n) is 27.1. The summed E-state index contributed by atoms with van der Waals surface area (Å²) in [4.78, 5) is 33.8. The van der Waals surface area contributed by atoms with E-state index in [-0.39, 0.29) is 28.8 Å². The number of alkyl halides is 3. The number of carboxylic acids is 1. The van der Waals surface area contributed by atoms with Crippen LogP contribution in [0.15, 0.2) is 36.4 Å². The van der Waals surface area contributed by atoms with Crippen molar-refractivity contribution in [3.63, 3.8) is 0 Å². The van der Waals surface area contributed by atoms with Crippen molar-refractivity contribution in [2.75, 3.05) is 24.3 Å². The molecule has 0 aliphatic heterocycles. The van der Waals surface area contributed by atoms with E-state index in [0.717, 1.165) is 53.5 Å². The zero-order valence-corrected chi connectivity index (χ0v) is 27.1. The molecule has 45 heavy (non-hydrogen) atoms. The predicted molar refractivity (Wildman–Crippen MR) is 170 cm³/mol. The minimum absolute atomic E-state index is 0.0779. The van der Waals surface area contributed by atoms with Crippen LogP contribution < -0.4 is 15.5 Å². The molecule has 0 saturated heterocycles. The van der Waals surface area contributed by atoms with Gasteiger partial charge in [-0.25, -0.2) is 9.78 Å². The van der Waals surface area contributed by atoms with Gasteiger partial charge in [-0.05, 0) is 60.8 Å². The molecular formula is C33H44F3N5O4. The van der Waals surface area contributed by atoms with Gasteiger partial charge in [0.15, 0.2) is 0 Å². The quantitative estimate of drug-likeness (QED) is 0.243. The number of carbonyl (C=O) groups is 2. The molecule has 1 aliphatic rings. The van der Waals surface area contributed by atoms with Gasteiger partial charge in [0, 0.05) is 48.3 Å². The molecule has 1 aromatic heterocycles. The summed E-state index contributed by atoms with van der Waals surface area (Å²) in [6.07, 6.45) is -1.47. The first-order chi connectivity index (χ1) is 20.7. The number of hydrogen-bond donors (Lipinski definition) is 4. The van der Waals surface area contributed by atoms with Crippen molar-refractivity contribution in [2.24, 2.45) is 0 Å². The van der Waals surface area contributed by atoms with Gasteiger partial charge in [-0.3, -0.25) is 4.79 Å². The molecule has 4 N–H and O–H groups in total. The van der Waals surface area contributed by atoms with Gasteiger partial charge in [-0.1, -0.05) is 53.7 Å². The molecule has 0 atom stereocenters. The summed E-state index contributed by atoms with van der Waals surface area (Å²) in [6, 6.07) is 12.1. The van der Waals surface area contributed by atoms with E-state index in [2.05, 4.69) is 52.2 Å². The SMILES string of the molecule is CN(C)c1nc(NC2CCC(NC(=O)c3cc(C(C)(C)C)c(O)c(C(C)(C)C)c3)CC2)nc2ccccc12.O=C(O)C(F)(F)F. The largest absolute Gasteiger partial charge is 0.507 e. The second kappa shape index (κ2) is 13.5. The second-order valence-corrected chi connectivity index (χ2v) is 13.7. The number of halogens is 3. The Morgan fingerprint density at radius 1 is 0.867 bits per heavy atom. The number of hydrogen-bond acceptors (Lipinski definition) is 7. The molecule has 1 amide bonds. The summed E-state index contributed by atoms with van der Waals surface area (Å²) < 4.78 is 31.7. The minimum atomic E-state index is -5.08. The van der Waals surface area contributed by atoms with Gasteiger partial charge in [0.1, 0.15) is 11.6 Å². The van der Waals surface area contributed by atoms with Gasteiger partial charge >= 0.3 is 12.1 Å². The fraction of sp³-hybridized carbons (Fsp3) is 0.515. The van der Waals surface area contributed by atoms with Gasteiger partial charge in [-0.2, -0.15) is 18.2 Å². The number of amides is 1. The summed E-state index contributed by atoms with van der Waals surface area (Å²) in [7, 11) is 3.99. The van der Waals surface area contributed by atoms with Crippen molar-refractivity contribution in [3.8, 4) is 5.75 Å². The highest BCUT2D eigenvalue weighted by atomic mass is 19.4. The van der Waals surface area contributed by atoms with E-state index >= 15 is 0 Å². The Labute approximate surface area is 262 Å². The highest BCUT2D eigenvalue weighted by Gasteiger charge is 2.38. The van der Waals surface area contributed by atoms with Crippen molar-refractivity contribution in [1.82, 2.24) is 15.3 Å². The Hall–Kier alpha value is -4.09. The third-order valence-corrected chi connectivity index (χ3v) is 7.63. The number of aromatic nitrogens is 2. The van der Waals surface area contributed by atoms with Gasteiger partial charge < -0.3 is 25.7 Å². The van der Waals surface area contributed by atoms with Crippen molar-refractivity contribution < 1.29 is 33.0 Å². The van der Waals surface area contributed by atoms with Crippen LogP contribution >= 0.6 is 0 Å². The topological polar surface area (TPSA) is 128 Å². The molecule has 1 heterocycles. The van der Waals surface area contributed by atoms with E-state index in [0.29, 0.717) is 17.3 Å². The van der Waals surface area contributed by atoms with Crippen LogP contribution in [0.1, 0.15) is 88.7 Å². The maximum atomic E-state index is 13.3. The Kier molecular flexibility index (Phi) is 10.6. The minimum Gasteiger partial charge on any atom is -0.507 e. The van der Waals surface area contributed by atoms with Crippen LogP contribution in [0.3, 0.4) is 0 Å². The normalized spacial score (nSPS) is 17.2. The smallest absolute Gasteiger partial charge is 0.490 e. The molecular weight excluding hydrogens is 587 g/mol. The number of aromatic hydroxyl groups is 1. The molecule has 246 valence electrons. The number of phenolic OH excluding ortho intramolecular Hbond substituents is 1. The summed E-state index contributed by atoms with van der Waals surface area (Å²) in [5.74, 6) is -0.995. The highest BCUT2D eigenvalue weighted by Crippen LogP contribution is 2.40. The molecule has 0 spiro atoms. The molecule has 1 aliphatic carbocycles. The lowest BCUT2D eigenvalue weighted by Crippen LogP contribution is -2.40. The lowest BCUT2D eigenvalue weighted by Gasteiger charge is -2.31. The average molecular weight is 632 g/mol. The van der Waals surface area contributed by atoms with Crippen LogP contribution in [-0.2, 0) is 15.6 Å². The van der Waals surface area contributed by atoms with Crippen LogP contribution in [-0.4, -0.2) is 64.4 Å². The Balaban J connectivity index is 0.000000707. The Morgan fingerprint density at radius 2 is 1.36 bits per heavy atom. The predicted octanol–water partition coefficient (Wildman–Crippen LogP) is 6.78. The van der Waals surface area contributed by atoms with Crippen molar-refractivity contribution in [1.29, 1.82) is 0 Å². The molecule has 0 radical (unpaired) electrons. The van der Waals surface area contributed by atoms with Crippen molar-refractivity contribution >= 4 is 34.5 Å². The van der Waals surface area contributed by atoms with E-state index in [4.69, 9.17) is 19.9 Å². The van der Waals surface area contributed by atoms with E-state index in [1.165, 1.54) is 0 Å². The van der Waals surface area contributed by atoms with Crippen LogP contribution in [0, 0.1) is 0 Å². The van der Waals surface area contributed by atoms with E-state index < -0.39 is 12.1 Å². The summed E-state index contributed by atoms with van der Waals surface area (Å²) in [6.45, 7) is 12.4.